The number of nitrogens with two attached hydrogens (primary N) is 1. The number of nitrogens with zero attached hydrogens (tertiary/aromatic N) is 1. The first kappa shape index (κ1) is 15.9. The first-order chi connectivity index (χ1) is 8.84. The lowest BCUT2D eigenvalue weighted by Crippen LogP contribution is -2.58. The van der Waals surface area contributed by atoms with E-state index in [0.717, 1.165) is 0 Å². The number of ether oxygens (including phenoxy) is 1. The van der Waals surface area contributed by atoms with E-state index in [4.69, 9.17) is 10.6 Å². The van der Waals surface area contributed by atoms with Crippen molar-refractivity contribution in [1.29, 1.82) is 0 Å². The monoisotopic (exact) mass is 269 g/mol. The van der Waals surface area contributed by atoms with Gasteiger partial charge in [-0.25, -0.2) is 4.39 Å². The molecule has 0 saturated carbocycles. The molecule has 5 heteroatoms. The average Bonchev–Trinajstić information content (AvgIpc) is 2.37. The van der Waals surface area contributed by atoms with Crippen molar-refractivity contribution in [3.05, 3.63) is 29.6 Å². The van der Waals surface area contributed by atoms with Gasteiger partial charge in [-0.2, -0.15) is 0 Å². The zero-order chi connectivity index (χ0) is 14.6. The third-order valence-corrected chi connectivity index (χ3v) is 3.89. The van der Waals surface area contributed by atoms with Crippen molar-refractivity contribution >= 4 is 0 Å². The zero-order valence-corrected chi connectivity index (χ0v) is 12.3. The number of nitrogens with one attached hydrogen (secondary N) is 1. The minimum absolute atomic E-state index is 0.0795. The molecular weight excluding hydrogens is 245 g/mol. The predicted molar refractivity (Wildman–Crippen MR) is 75.5 cm³/mol. The van der Waals surface area contributed by atoms with E-state index in [-0.39, 0.29) is 23.1 Å². The van der Waals surface area contributed by atoms with Gasteiger partial charge in [-0.05, 0) is 46.0 Å². The topological polar surface area (TPSA) is 50.5 Å². The van der Waals surface area contributed by atoms with Crippen molar-refractivity contribution in [3.63, 3.8) is 0 Å². The smallest absolute Gasteiger partial charge is 0.168 e. The average molecular weight is 269 g/mol. The molecule has 4 nitrogen and oxygen atoms in total. The van der Waals surface area contributed by atoms with Crippen LogP contribution in [-0.4, -0.2) is 37.7 Å². The highest BCUT2D eigenvalue weighted by Crippen LogP contribution is 2.24. The summed E-state index contributed by atoms with van der Waals surface area (Å²) < 4.78 is 19.1. The van der Waals surface area contributed by atoms with Crippen molar-refractivity contribution in [2.24, 2.45) is 5.84 Å². The van der Waals surface area contributed by atoms with Crippen molar-refractivity contribution < 1.29 is 9.13 Å². The fourth-order valence-corrected chi connectivity index (χ4v) is 1.92. The van der Waals surface area contributed by atoms with Crippen LogP contribution in [0.3, 0.4) is 0 Å². The second kappa shape index (κ2) is 6.32. The Morgan fingerprint density at radius 1 is 1.42 bits per heavy atom. The summed E-state index contributed by atoms with van der Waals surface area (Å²) >= 11 is 0. The third-order valence-electron chi connectivity index (χ3n) is 3.89. The summed E-state index contributed by atoms with van der Waals surface area (Å²) in [4.78, 5) is 2.07. The number of hydrazine groups is 1. The van der Waals surface area contributed by atoms with E-state index in [1.807, 2.05) is 14.1 Å². The van der Waals surface area contributed by atoms with E-state index in [0.29, 0.717) is 12.0 Å². The molecule has 0 saturated heterocycles. The highest BCUT2D eigenvalue weighted by molar-refractivity contribution is 5.32. The van der Waals surface area contributed by atoms with Crippen molar-refractivity contribution in [3.8, 4) is 5.75 Å². The van der Waals surface area contributed by atoms with E-state index < -0.39 is 0 Å². The zero-order valence-electron chi connectivity index (χ0n) is 12.3. The van der Waals surface area contributed by atoms with Crippen LogP contribution in [0.4, 0.5) is 4.39 Å². The third kappa shape index (κ3) is 3.43. The molecule has 0 bridgehead atoms. The standard InChI is InChI=1S/C14H24FN3O/c1-14(2,18(3)4)12(17-16)9-10-7-6-8-11(19-5)13(10)15/h6-8,12,17H,9,16H2,1-5H3. The van der Waals surface area contributed by atoms with Gasteiger partial charge >= 0.3 is 0 Å². The van der Waals surface area contributed by atoms with Gasteiger partial charge in [-0.1, -0.05) is 12.1 Å². The molecule has 0 amide bonds. The van der Waals surface area contributed by atoms with Crippen molar-refractivity contribution in [2.45, 2.75) is 31.8 Å². The van der Waals surface area contributed by atoms with Crippen LogP contribution < -0.4 is 16.0 Å². The van der Waals surface area contributed by atoms with Gasteiger partial charge in [-0.3, -0.25) is 11.3 Å². The van der Waals surface area contributed by atoms with Crippen LogP contribution in [0, 0.1) is 5.82 Å². The largest absolute Gasteiger partial charge is 0.494 e. The quantitative estimate of drug-likeness (QED) is 0.608. The molecule has 0 aliphatic carbocycles. The van der Waals surface area contributed by atoms with Gasteiger partial charge in [0.2, 0.25) is 0 Å². The molecule has 3 N–H and O–H groups in total. The molecule has 19 heavy (non-hydrogen) atoms. The predicted octanol–water partition coefficient (Wildman–Crippen LogP) is 1.55. The molecule has 1 rings (SSSR count). The van der Waals surface area contributed by atoms with Crippen LogP contribution in [0.2, 0.25) is 0 Å². The van der Waals surface area contributed by atoms with Crippen LogP contribution in [0.15, 0.2) is 18.2 Å². The second-order valence-electron chi connectivity index (χ2n) is 5.40. The van der Waals surface area contributed by atoms with Crippen molar-refractivity contribution in [1.82, 2.24) is 10.3 Å². The summed E-state index contributed by atoms with van der Waals surface area (Å²) in [6.07, 6.45) is 0.491. The minimum atomic E-state index is -0.320. The summed E-state index contributed by atoms with van der Waals surface area (Å²) in [6.45, 7) is 4.13. The van der Waals surface area contributed by atoms with Crippen LogP contribution in [-0.2, 0) is 6.42 Å². The normalized spacial score (nSPS) is 13.7. The summed E-state index contributed by atoms with van der Waals surface area (Å²) in [5.74, 6) is 5.58. The Labute approximate surface area is 114 Å². The van der Waals surface area contributed by atoms with E-state index >= 15 is 0 Å². The number of halogens is 1. The Kier molecular flexibility index (Phi) is 5.29. The minimum Gasteiger partial charge on any atom is -0.494 e. The maximum absolute atomic E-state index is 14.2. The van der Waals surface area contributed by atoms with Gasteiger partial charge in [-0.15, -0.1) is 0 Å². The Morgan fingerprint density at radius 2 is 2.05 bits per heavy atom. The molecule has 0 heterocycles. The van der Waals surface area contributed by atoms with Crippen molar-refractivity contribution in [2.75, 3.05) is 21.2 Å². The molecule has 1 aromatic rings. The summed E-state index contributed by atoms with van der Waals surface area (Å²) in [7, 11) is 5.42. The number of benzene rings is 1. The highest BCUT2D eigenvalue weighted by atomic mass is 19.1. The number of hydrogen-bond acceptors (Lipinski definition) is 4. The van der Waals surface area contributed by atoms with Gasteiger partial charge in [0.15, 0.2) is 11.6 Å². The number of likely N-dealkylation sites (N-methyl/N-ethyl adjacent to an activating group) is 1. The molecule has 0 aliphatic heterocycles. The Morgan fingerprint density at radius 3 is 2.53 bits per heavy atom. The Bertz CT molecular complexity index is 421. The van der Waals surface area contributed by atoms with Gasteiger partial charge in [0.1, 0.15) is 0 Å². The number of rotatable bonds is 6. The van der Waals surface area contributed by atoms with E-state index in [2.05, 4.69) is 24.2 Å². The lowest BCUT2D eigenvalue weighted by molar-refractivity contribution is 0.137. The fourth-order valence-electron chi connectivity index (χ4n) is 1.92. The van der Waals surface area contributed by atoms with E-state index in [1.54, 1.807) is 18.2 Å². The number of hydrogen-bond donors (Lipinski definition) is 2. The first-order valence-electron chi connectivity index (χ1n) is 6.29. The van der Waals surface area contributed by atoms with Gasteiger partial charge in [0, 0.05) is 11.6 Å². The second-order valence-corrected chi connectivity index (χ2v) is 5.40. The maximum atomic E-state index is 14.2. The summed E-state index contributed by atoms with van der Waals surface area (Å²) in [5.41, 5.74) is 3.18. The molecule has 0 fully saturated rings. The number of methoxy groups -OCH3 is 1. The molecule has 1 atom stereocenters. The lowest BCUT2D eigenvalue weighted by atomic mass is 9.88. The molecule has 0 aliphatic rings. The SMILES string of the molecule is COc1cccc(CC(NN)C(C)(C)N(C)C)c1F. The lowest BCUT2D eigenvalue weighted by Gasteiger charge is -2.40. The van der Waals surface area contributed by atoms with Crippen LogP contribution in [0.1, 0.15) is 19.4 Å². The molecule has 0 radical (unpaired) electrons. The molecule has 1 unspecified atom stereocenters. The highest BCUT2D eigenvalue weighted by Gasteiger charge is 2.31. The maximum Gasteiger partial charge on any atom is 0.168 e. The van der Waals surface area contributed by atoms with Gasteiger partial charge < -0.3 is 9.64 Å². The molecule has 1 aromatic carbocycles. The molecular formula is C14H24FN3O. The van der Waals surface area contributed by atoms with Gasteiger partial charge in [0.05, 0.1) is 7.11 Å². The van der Waals surface area contributed by atoms with E-state index in [9.17, 15) is 4.39 Å². The van der Waals surface area contributed by atoms with E-state index in [1.165, 1.54) is 7.11 Å². The molecule has 108 valence electrons. The van der Waals surface area contributed by atoms with Crippen LogP contribution >= 0.6 is 0 Å². The molecule has 0 spiro atoms. The van der Waals surface area contributed by atoms with Gasteiger partial charge in [0.25, 0.3) is 0 Å². The summed E-state index contributed by atoms with van der Waals surface area (Å²) in [5, 5.41) is 0. The first-order valence-corrected chi connectivity index (χ1v) is 6.29. The fraction of sp³-hybridized carbons (Fsp3) is 0.571. The Balaban J connectivity index is 3.00. The van der Waals surface area contributed by atoms with Crippen LogP contribution in [0.5, 0.6) is 5.75 Å². The Hall–Kier alpha value is -1.17. The molecule has 0 aromatic heterocycles. The van der Waals surface area contributed by atoms with Crippen LogP contribution in [0.25, 0.3) is 0 Å². The summed E-state index contributed by atoms with van der Waals surface area (Å²) in [6, 6.07) is 5.08.